The molecule has 2 rings (SSSR count). The average Bonchev–Trinajstić information content (AvgIpc) is 2.46. The van der Waals surface area contributed by atoms with Crippen molar-refractivity contribution in [3.05, 3.63) is 35.4 Å². The molecule has 1 aliphatic rings. The first-order chi connectivity index (χ1) is 6.33. The van der Waals surface area contributed by atoms with Crippen LogP contribution in [0.3, 0.4) is 0 Å². The molecule has 1 amide bonds. The zero-order valence-electron chi connectivity index (χ0n) is 6.95. The second kappa shape index (κ2) is 2.91. The Labute approximate surface area is 76.0 Å². The van der Waals surface area contributed by atoms with Crippen molar-refractivity contribution < 1.29 is 4.79 Å². The maximum Gasteiger partial charge on any atom is 0.252 e. The number of carbonyl (C=O) groups excluding carboxylic acids is 1. The van der Waals surface area contributed by atoms with Gasteiger partial charge in [-0.2, -0.15) is 5.26 Å². The van der Waals surface area contributed by atoms with Crippen molar-refractivity contribution in [2.45, 2.75) is 12.5 Å². The van der Waals surface area contributed by atoms with Crippen LogP contribution in [0, 0.1) is 11.3 Å². The molecule has 64 valence electrons. The van der Waals surface area contributed by atoms with E-state index in [2.05, 4.69) is 11.4 Å². The summed E-state index contributed by atoms with van der Waals surface area (Å²) in [6.07, 6.45) is 0.336. The van der Waals surface area contributed by atoms with E-state index in [9.17, 15) is 4.79 Å². The Bertz CT molecular complexity index is 392. The van der Waals surface area contributed by atoms with Gasteiger partial charge in [-0.25, -0.2) is 0 Å². The van der Waals surface area contributed by atoms with E-state index in [-0.39, 0.29) is 11.9 Å². The molecule has 0 saturated carbocycles. The second-order valence-electron chi connectivity index (χ2n) is 2.98. The molecule has 0 fully saturated rings. The molecule has 0 bridgehead atoms. The van der Waals surface area contributed by atoms with E-state index in [0.29, 0.717) is 12.0 Å². The Morgan fingerprint density at radius 1 is 1.46 bits per heavy atom. The van der Waals surface area contributed by atoms with Gasteiger partial charge in [0.05, 0.1) is 18.5 Å². The predicted octanol–water partition coefficient (Wildman–Crippen LogP) is 1.38. The highest BCUT2D eigenvalue weighted by atomic mass is 16.2. The molecule has 0 aliphatic carbocycles. The van der Waals surface area contributed by atoms with Crippen LogP contribution in [0.1, 0.15) is 28.4 Å². The number of hydrogen-bond donors (Lipinski definition) is 1. The summed E-state index contributed by atoms with van der Waals surface area (Å²) in [5, 5.41) is 11.3. The van der Waals surface area contributed by atoms with Crippen molar-refractivity contribution in [3.63, 3.8) is 0 Å². The summed E-state index contributed by atoms with van der Waals surface area (Å²) in [7, 11) is 0. The summed E-state index contributed by atoms with van der Waals surface area (Å²) in [5.41, 5.74) is 1.64. The third-order valence-corrected chi connectivity index (χ3v) is 2.18. The summed E-state index contributed by atoms with van der Waals surface area (Å²) in [5.74, 6) is -0.0733. The maximum atomic E-state index is 11.3. The molecule has 1 aromatic rings. The van der Waals surface area contributed by atoms with Crippen molar-refractivity contribution in [2.24, 2.45) is 0 Å². The van der Waals surface area contributed by atoms with Crippen LogP contribution in [0.2, 0.25) is 0 Å². The number of fused-ring (bicyclic) bond motifs is 1. The molecule has 1 aliphatic heterocycles. The zero-order chi connectivity index (χ0) is 9.26. The Kier molecular flexibility index (Phi) is 1.75. The van der Waals surface area contributed by atoms with Gasteiger partial charge in [-0.3, -0.25) is 4.79 Å². The number of rotatable bonds is 1. The van der Waals surface area contributed by atoms with Gasteiger partial charge in [-0.1, -0.05) is 18.2 Å². The second-order valence-corrected chi connectivity index (χ2v) is 2.98. The first-order valence-electron chi connectivity index (χ1n) is 4.09. The largest absolute Gasteiger partial charge is 0.344 e. The van der Waals surface area contributed by atoms with Gasteiger partial charge >= 0.3 is 0 Å². The number of nitrogens with zero attached hydrogens (tertiary/aromatic N) is 1. The molecule has 3 nitrogen and oxygen atoms in total. The van der Waals surface area contributed by atoms with Crippen LogP contribution >= 0.6 is 0 Å². The third kappa shape index (κ3) is 1.17. The van der Waals surface area contributed by atoms with E-state index in [1.54, 1.807) is 6.07 Å². The Balaban J connectivity index is 2.42. The molecule has 1 aromatic carbocycles. The van der Waals surface area contributed by atoms with Crippen LogP contribution in [0.25, 0.3) is 0 Å². The van der Waals surface area contributed by atoms with E-state index in [1.165, 1.54) is 0 Å². The highest BCUT2D eigenvalue weighted by molar-refractivity contribution is 5.99. The molecule has 1 N–H and O–H groups in total. The lowest BCUT2D eigenvalue weighted by Gasteiger charge is -2.04. The number of amides is 1. The number of carbonyl (C=O) groups is 1. The van der Waals surface area contributed by atoms with E-state index >= 15 is 0 Å². The van der Waals surface area contributed by atoms with Gasteiger partial charge in [0.1, 0.15) is 0 Å². The molecule has 0 radical (unpaired) electrons. The van der Waals surface area contributed by atoms with Crippen LogP contribution < -0.4 is 5.32 Å². The van der Waals surface area contributed by atoms with Crippen LogP contribution in [0.5, 0.6) is 0 Å². The van der Waals surface area contributed by atoms with E-state index < -0.39 is 0 Å². The lowest BCUT2D eigenvalue weighted by molar-refractivity contribution is 0.0957. The van der Waals surface area contributed by atoms with E-state index in [4.69, 9.17) is 5.26 Å². The first-order valence-corrected chi connectivity index (χ1v) is 4.09. The molecule has 13 heavy (non-hydrogen) atoms. The summed E-state index contributed by atoms with van der Waals surface area (Å²) >= 11 is 0. The van der Waals surface area contributed by atoms with Gasteiger partial charge < -0.3 is 5.32 Å². The Morgan fingerprint density at radius 2 is 2.23 bits per heavy atom. The molecular weight excluding hydrogens is 164 g/mol. The fourth-order valence-corrected chi connectivity index (χ4v) is 1.57. The van der Waals surface area contributed by atoms with E-state index in [1.807, 2.05) is 18.2 Å². The zero-order valence-corrected chi connectivity index (χ0v) is 6.95. The van der Waals surface area contributed by atoms with Crippen molar-refractivity contribution in [1.29, 1.82) is 5.26 Å². The average molecular weight is 172 g/mol. The molecule has 3 heteroatoms. The topological polar surface area (TPSA) is 52.9 Å². The number of nitrogens with one attached hydrogen (secondary N) is 1. The molecular formula is C10H8N2O. The van der Waals surface area contributed by atoms with Crippen LogP contribution in [-0.4, -0.2) is 5.91 Å². The normalized spacial score (nSPS) is 19.0. The summed E-state index contributed by atoms with van der Waals surface area (Å²) in [6, 6.07) is 9.31. The number of nitriles is 1. The number of benzene rings is 1. The van der Waals surface area contributed by atoms with E-state index in [0.717, 1.165) is 5.56 Å². The summed E-state index contributed by atoms with van der Waals surface area (Å²) < 4.78 is 0. The van der Waals surface area contributed by atoms with Crippen molar-refractivity contribution in [3.8, 4) is 6.07 Å². The van der Waals surface area contributed by atoms with Gasteiger partial charge in [-0.05, 0) is 11.6 Å². The van der Waals surface area contributed by atoms with Gasteiger partial charge in [0.25, 0.3) is 5.91 Å². The predicted molar refractivity (Wildman–Crippen MR) is 46.9 cm³/mol. The first kappa shape index (κ1) is 7.81. The van der Waals surface area contributed by atoms with Crippen LogP contribution in [-0.2, 0) is 0 Å². The van der Waals surface area contributed by atoms with Crippen LogP contribution in [0.4, 0.5) is 0 Å². The quantitative estimate of drug-likeness (QED) is 0.695. The lowest BCUT2D eigenvalue weighted by atomic mass is 10.0. The SMILES string of the molecule is N#CCC1NC(=O)c2ccccc21. The van der Waals surface area contributed by atoms with Crippen molar-refractivity contribution >= 4 is 5.91 Å². The lowest BCUT2D eigenvalue weighted by Crippen LogP contribution is -2.18. The fourth-order valence-electron chi connectivity index (χ4n) is 1.57. The third-order valence-electron chi connectivity index (χ3n) is 2.18. The summed E-state index contributed by atoms with van der Waals surface area (Å²) in [6.45, 7) is 0. The molecule has 1 atom stereocenters. The maximum absolute atomic E-state index is 11.3. The fraction of sp³-hybridized carbons (Fsp3) is 0.200. The monoisotopic (exact) mass is 172 g/mol. The molecule has 0 aromatic heterocycles. The van der Waals surface area contributed by atoms with Crippen LogP contribution in [0.15, 0.2) is 24.3 Å². The highest BCUT2D eigenvalue weighted by Crippen LogP contribution is 2.26. The van der Waals surface area contributed by atoms with Gasteiger partial charge in [-0.15, -0.1) is 0 Å². The highest BCUT2D eigenvalue weighted by Gasteiger charge is 2.27. The Hall–Kier alpha value is -1.82. The standard InChI is InChI=1S/C10H8N2O/c11-6-5-9-7-3-1-2-4-8(7)10(13)12-9/h1-4,9H,5H2,(H,12,13). The van der Waals surface area contributed by atoms with Crippen molar-refractivity contribution in [2.75, 3.05) is 0 Å². The van der Waals surface area contributed by atoms with Gasteiger partial charge in [0.15, 0.2) is 0 Å². The minimum atomic E-state index is -0.117. The molecule has 0 spiro atoms. The smallest absolute Gasteiger partial charge is 0.252 e. The minimum Gasteiger partial charge on any atom is -0.344 e. The Morgan fingerprint density at radius 3 is 3.00 bits per heavy atom. The summed E-state index contributed by atoms with van der Waals surface area (Å²) in [4.78, 5) is 11.3. The molecule has 0 saturated heterocycles. The molecule has 1 heterocycles. The van der Waals surface area contributed by atoms with Gasteiger partial charge in [0.2, 0.25) is 0 Å². The molecule has 1 unspecified atom stereocenters. The number of hydrogen-bond acceptors (Lipinski definition) is 2. The van der Waals surface area contributed by atoms with Gasteiger partial charge in [0, 0.05) is 5.56 Å². The van der Waals surface area contributed by atoms with Crippen molar-refractivity contribution in [1.82, 2.24) is 5.32 Å². The minimum absolute atomic E-state index is 0.0733.